The van der Waals surface area contributed by atoms with Crippen molar-refractivity contribution in [3.63, 3.8) is 0 Å². The second-order valence-electron chi connectivity index (χ2n) is 9.09. The number of carbonyl (C=O) groups excluding carboxylic acids is 5. The van der Waals surface area contributed by atoms with Gasteiger partial charge in [0.1, 0.15) is 30.0 Å². The van der Waals surface area contributed by atoms with Crippen LogP contribution in [0.2, 0.25) is 0 Å². The van der Waals surface area contributed by atoms with Crippen LogP contribution < -0.4 is 4.74 Å². The predicted octanol–water partition coefficient (Wildman–Crippen LogP) is 2.42. The van der Waals surface area contributed by atoms with Crippen LogP contribution in [0.3, 0.4) is 0 Å². The first-order valence-electron chi connectivity index (χ1n) is 12.4. The highest BCUT2D eigenvalue weighted by Crippen LogP contribution is 2.33. The molecule has 0 aromatic heterocycles. The second-order valence-corrected chi connectivity index (χ2v) is 9.09. The Kier molecular flexibility index (Phi) is 10.4. The first kappa shape index (κ1) is 31.0. The number of carbonyl (C=O) groups is 5. The Bertz CT molecular complexity index is 1290. The summed E-state index contributed by atoms with van der Waals surface area (Å²) in [6.07, 6.45) is -7.13. The van der Waals surface area contributed by atoms with Gasteiger partial charge < -0.3 is 33.5 Å². The lowest BCUT2D eigenvalue weighted by Gasteiger charge is -2.43. The van der Waals surface area contributed by atoms with E-state index in [1.807, 2.05) is 0 Å². The zero-order valence-electron chi connectivity index (χ0n) is 22.7. The number of phenolic OH excluding ortho intramolecular Hbond substituents is 1. The number of ketones is 1. The first-order chi connectivity index (χ1) is 19.3. The molecule has 3 rings (SSSR count). The van der Waals surface area contributed by atoms with Crippen LogP contribution in [0.5, 0.6) is 11.5 Å². The average molecular weight is 577 g/mol. The van der Waals surface area contributed by atoms with Gasteiger partial charge in [-0.15, -0.1) is 0 Å². The zero-order chi connectivity index (χ0) is 30.3. The number of halogens is 1. The molecule has 1 heterocycles. The van der Waals surface area contributed by atoms with Crippen molar-refractivity contribution in [1.29, 1.82) is 0 Å². The van der Waals surface area contributed by atoms with Crippen LogP contribution in [0.4, 0.5) is 4.39 Å². The summed E-state index contributed by atoms with van der Waals surface area (Å²) in [6, 6.07) is 9.08. The predicted molar refractivity (Wildman–Crippen MR) is 135 cm³/mol. The summed E-state index contributed by atoms with van der Waals surface area (Å²) < 4.78 is 45.9. The summed E-state index contributed by atoms with van der Waals surface area (Å²) in [5.41, 5.74) is 0.497. The van der Waals surface area contributed by atoms with E-state index in [1.165, 1.54) is 36.4 Å². The Balaban J connectivity index is 1.90. The van der Waals surface area contributed by atoms with Crippen LogP contribution in [-0.4, -0.2) is 72.1 Å². The van der Waals surface area contributed by atoms with Gasteiger partial charge in [0.15, 0.2) is 18.0 Å². The van der Waals surface area contributed by atoms with Crippen LogP contribution in [0, 0.1) is 5.82 Å². The molecular weight excluding hydrogens is 547 g/mol. The average Bonchev–Trinajstić information content (AvgIpc) is 2.87. The van der Waals surface area contributed by atoms with Crippen LogP contribution >= 0.6 is 0 Å². The van der Waals surface area contributed by atoms with Crippen molar-refractivity contribution < 1.29 is 61.9 Å². The number of benzene rings is 2. The highest BCUT2D eigenvalue weighted by Gasteiger charge is 2.53. The summed E-state index contributed by atoms with van der Waals surface area (Å²) in [7, 11) is 0. The molecule has 5 atom stereocenters. The van der Waals surface area contributed by atoms with Crippen LogP contribution in [0.15, 0.2) is 42.5 Å². The standard InChI is InChI=1S/C28H29FO12/c1-14(30)36-13-24-25(37-15(2)31)26(38-16(3)32)27(39-17(4)33)28(41-24)40-20-9-10-21(23(35)12-20)22(34)11-18-5-7-19(29)8-6-18/h5-10,12,24-28,35H,11,13H2,1-4H3/t24-,25-,26+,27-,28-/m1/s1. The summed E-state index contributed by atoms with van der Waals surface area (Å²) in [4.78, 5) is 60.0. The van der Waals surface area contributed by atoms with Crippen molar-refractivity contribution in [3.05, 3.63) is 59.4 Å². The molecule has 1 fully saturated rings. The number of Topliss-reactive ketones (excluding diaryl/α,β-unsaturated/α-hetero) is 1. The molecule has 220 valence electrons. The number of rotatable bonds is 10. The number of phenols is 1. The normalized spacial score (nSPS) is 21.7. The van der Waals surface area contributed by atoms with E-state index >= 15 is 0 Å². The monoisotopic (exact) mass is 576 g/mol. The lowest BCUT2D eigenvalue weighted by molar-refractivity contribution is -0.288. The van der Waals surface area contributed by atoms with Gasteiger partial charge in [-0.3, -0.25) is 24.0 Å². The van der Waals surface area contributed by atoms with Gasteiger partial charge in [0.2, 0.25) is 12.4 Å². The van der Waals surface area contributed by atoms with Crippen LogP contribution in [-0.2, 0) is 49.3 Å². The largest absolute Gasteiger partial charge is 0.507 e. The molecule has 2 aromatic rings. The van der Waals surface area contributed by atoms with Crippen molar-refractivity contribution in [2.24, 2.45) is 0 Å². The fourth-order valence-electron chi connectivity index (χ4n) is 4.12. The van der Waals surface area contributed by atoms with Crippen molar-refractivity contribution >= 4 is 29.7 Å². The lowest BCUT2D eigenvalue weighted by atomic mass is 9.98. The third kappa shape index (κ3) is 8.73. The van der Waals surface area contributed by atoms with Gasteiger partial charge in [-0.25, -0.2) is 4.39 Å². The van der Waals surface area contributed by atoms with Gasteiger partial charge in [-0.1, -0.05) is 12.1 Å². The number of hydrogen-bond donors (Lipinski definition) is 1. The smallest absolute Gasteiger partial charge is 0.303 e. The van der Waals surface area contributed by atoms with Gasteiger partial charge in [-0.05, 0) is 29.8 Å². The molecule has 12 nitrogen and oxygen atoms in total. The Labute approximate surface area is 234 Å². The van der Waals surface area contributed by atoms with E-state index in [-0.39, 0.29) is 17.7 Å². The number of aromatic hydroxyl groups is 1. The van der Waals surface area contributed by atoms with E-state index in [0.29, 0.717) is 5.56 Å². The minimum Gasteiger partial charge on any atom is -0.507 e. The fourth-order valence-corrected chi connectivity index (χ4v) is 4.12. The lowest BCUT2D eigenvalue weighted by Crippen LogP contribution is -2.63. The van der Waals surface area contributed by atoms with Crippen LogP contribution in [0.1, 0.15) is 43.6 Å². The maximum atomic E-state index is 13.2. The molecule has 0 radical (unpaired) electrons. The topological polar surface area (TPSA) is 161 Å². The molecule has 1 aliphatic rings. The maximum absolute atomic E-state index is 13.2. The Hall–Kier alpha value is -4.52. The molecular formula is C28H29FO12. The molecule has 0 saturated carbocycles. The quantitative estimate of drug-likeness (QED) is 0.250. The molecule has 0 unspecified atom stereocenters. The fraction of sp³-hybridized carbons (Fsp3) is 0.393. The van der Waals surface area contributed by atoms with Gasteiger partial charge in [-0.2, -0.15) is 0 Å². The summed E-state index contributed by atoms with van der Waals surface area (Å²) in [6.45, 7) is 3.96. The van der Waals surface area contributed by atoms with Crippen LogP contribution in [0.25, 0.3) is 0 Å². The number of hydrogen-bond acceptors (Lipinski definition) is 12. The van der Waals surface area contributed by atoms with Crippen molar-refractivity contribution in [1.82, 2.24) is 0 Å². The zero-order valence-corrected chi connectivity index (χ0v) is 22.7. The van der Waals surface area contributed by atoms with E-state index < -0.39 is 78.5 Å². The minimum absolute atomic E-state index is 0.0387. The van der Waals surface area contributed by atoms with Crippen molar-refractivity contribution in [2.45, 2.75) is 64.8 Å². The Morgan fingerprint density at radius 1 is 0.805 bits per heavy atom. The maximum Gasteiger partial charge on any atom is 0.303 e. The van der Waals surface area contributed by atoms with Gasteiger partial charge in [0.25, 0.3) is 0 Å². The number of ether oxygens (including phenoxy) is 6. The molecule has 0 bridgehead atoms. The van der Waals surface area contributed by atoms with E-state index in [9.17, 15) is 33.5 Å². The molecule has 0 amide bonds. The third-order valence-electron chi connectivity index (χ3n) is 5.75. The van der Waals surface area contributed by atoms with Crippen molar-refractivity contribution in [3.8, 4) is 11.5 Å². The van der Waals surface area contributed by atoms with E-state index in [4.69, 9.17) is 28.4 Å². The molecule has 41 heavy (non-hydrogen) atoms. The molecule has 13 heteroatoms. The van der Waals surface area contributed by atoms with Gasteiger partial charge in [0, 0.05) is 40.2 Å². The van der Waals surface area contributed by atoms with E-state index in [2.05, 4.69) is 0 Å². The molecule has 1 N–H and O–H groups in total. The Morgan fingerprint density at radius 3 is 1.95 bits per heavy atom. The highest BCUT2D eigenvalue weighted by atomic mass is 19.1. The third-order valence-corrected chi connectivity index (χ3v) is 5.75. The van der Waals surface area contributed by atoms with Gasteiger partial charge >= 0.3 is 23.9 Å². The van der Waals surface area contributed by atoms with Crippen molar-refractivity contribution in [2.75, 3.05) is 6.61 Å². The van der Waals surface area contributed by atoms with E-state index in [1.54, 1.807) is 0 Å². The molecule has 0 spiro atoms. The van der Waals surface area contributed by atoms with Gasteiger partial charge in [0.05, 0.1) is 5.56 Å². The minimum atomic E-state index is -1.52. The molecule has 1 aliphatic heterocycles. The SMILES string of the molecule is CC(=O)OC[C@H]1O[C@@H](Oc2ccc(C(=O)Cc3ccc(F)cc3)c(O)c2)[C@H](OC(C)=O)[C@@H](OC(C)=O)[C@@H]1OC(C)=O. The second kappa shape index (κ2) is 13.7. The molecule has 0 aliphatic carbocycles. The molecule has 1 saturated heterocycles. The summed E-state index contributed by atoms with van der Waals surface area (Å²) >= 11 is 0. The first-order valence-corrected chi connectivity index (χ1v) is 12.4. The number of esters is 4. The summed E-state index contributed by atoms with van der Waals surface area (Å²) in [5, 5.41) is 10.6. The highest BCUT2D eigenvalue weighted by molar-refractivity contribution is 6.00. The van der Waals surface area contributed by atoms with E-state index in [0.717, 1.165) is 33.8 Å². The molecule has 2 aromatic carbocycles. The Morgan fingerprint density at radius 2 is 1.39 bits per heavy atom. The summed E-state index contributed by atoms with van der Waals surface area (Å²) in [5.74, 6) is -4.46.